The lowest BCUT2D eigenvalue weighted by molar-refractivity contribution is -0.159. The molecule has 3 amide bonds. The molecule has 0 spiro atoms. The molecule has 1 aliphatic heterocycles. The molecule has 1 aliphatic rings. The van der Waals surface area contributed by atoms with E-state index in [-0.39, 0.29) is 19.0 Å². The molecule has 1 atom stereocenters. The van der Waals surface area contributed by atoms with Crippen LogP contribution < -0.4 is 11.1 Å². The van der Waals surface area contributed by atoms with Crippen molar-refractivity contribution >= 4 is 23.7 Å². The van der Waals surface area contributed by atoms with Gasteiger partial charge >= 0.3 is 11.8 Å². The van der Waals surface area contributed by atoms with Crippen molar-refractivity contribution in [2.45, 2.75) is 32.4 Å². The number of nitrogens with two attached hydrogens (primary N) is 1. The van der Waals surface area contributed by atoms with Crippen molar-refractivity contribution in [2.75, 3.05) is 25.4 Å². The van der Waals surface area contributed by atoms with Gasteiger partial charge in [0.05, 0.1) is 6.54 Å². The molecule has 0 aliphatic carbocycles. The zero-order valence-corrected chi connectivity index (χ0v) is 16.3. The Bertz CT molecular complexity index is 868. The molecule has 0 radical (unpaired) electrons. The lowest BCUT2D eigenvalue weighted by Gasteiger charge is -2.38. The molecule has 154 valence electrons. The Morgan fingerprint density at radius 3 is 2.66 bits per heavy atom. The summed E-state index contributed by atoms with van der Waals surface area (Å²) >= 11 is 0. The monoisotopic (exact) mass is 399 g/mol. The third kappa shape index (κ3) is 4.71. The number of benzene rings is 1. The number of amides is 3. The van der Waals surface area contributed by atoms with E-state index in [1.807, 2.05) is 13.0 Å². The van der Waals surface area contributed by atoms with Gasteiger partial charge in [-0.2, -0.15) is 4.98 Å². The fourth-order valence-corrected chi connectivity index (χ4v) is 3.26. The number of unbranched alkanes of at least 4 members (excludes halogenated alkanes) is 1. The predicted octanol–water partition coefficient (Wildman–Crippen LogP) is 0.215. The van der Waals surface area contributed by atoms with Gasteiger partial charge in [-0.3, -0.25) is 19.5 Å². The van der Waals surface area contributed by atoms with E-state index in [1.54, 1.807) is 29.2 Å². The molecule has 4 N–H and O–H groups in total. The van der Waals surface area contributed by atoms with Gasteiger partial charge in [-0.05, 0) is 12.0 Å². The number of hydrogen-bond acceptors (Lipinski definition) is 6. The normalized spacial score (nSPS) is 15.5. The first-order chi connectivity index (χ1) is 14.0. The maximum atomic E-state index is 13.0. The number of nitrogens with one attached hydrogen (secondary N) is 2. The van der Waals surface area contributed by atoms with Crippen molar-refractivity contribution in [3.63, 3.8) is 0 Å². The number of anilines is 1. The van der Waals surface area contributed by atoms with Crippen LogP contribution in [0.15, 0.2) is 30.3 Å². The van der Waals surface area contributed by atoms with Gasteiger partial charge in [-0.15, -0.1) is 5.10 Å². The van der Waals surface area contributed by atoms with Gasteiger partial charge in [0, 0.05) is 19.6 Å². The summed E-state index contributed by atoms with van der Waals surface area (Å²) in [5.74, 6) is -1.16. The Hall–Kier alpha value is -3.43. The molecule has 0 unspecified atom stereocenters. The van der Waals surface area contributed by atoms with Gasteiger partial charge in [0.1, 0.15) is 11.9 Å². The SMILES string of the molecule is CCCCN1CCN([C@H](C(=O)NCc2nc(N)n[nH]2)c2ccccc2)C(=O)C1=O. The number of carbonyl (C=O) groups is 3. The minimum absolute atomic E-state index is 0.0744. The summed E-state index contributed by atoms with van der Waals surface area (Å²) in [4.78, 5) is 45.2. The van der Waals surface area contributed by atoms with E-state index in [1.165, 1.54) is 4.90 Å². The summed E-state index contributed by atoms with van der Waals surface area (Å²) in [6.07, 6.45) is 1.77. The topological polar surface area (TPSA) is 137 Å². The van der Waals surface area contributed by atoms with E-state index >= 15 is 0 Å². The van der Waals surface area contributed by atoms with E-state index in [2.05, 4.69) is 20.5 Å². The zero-order chi connectivity index (χ0) is 20.8. The molecule has 2 heterocycles. The summed E-state index contributed by atoms with van der Waals surface area (Å²) in [6, 6.07) is 8.01. The third-order valence-electron chi connectivity index (χ3n) is 4.78. The Labute approximate surface area is 168 Å². The van der Waals surface area contributed by atoms with Crippen LogP contribution in [0.3, 0.4) is 0 Å². The third-order valence-corrected chi connectivity index (χ3v) is 4.78. The second-order valence-corrected chi connectivity index (χ2v) is 6.82. The highest BCUT2D eigenvalue weighted by Crippen LogP contribution is 2.24. The number of nitrogen functional groups attached to an aromatic ring is 1. The van der Waals surface area contributed by atoms with Crippen molar-refractivity contribution in [1.82, 2.24) is 30.3 Å². The zero-order valence-electron chi connectivity index (χ0n) is 16.3. The first-order valence-electron chi connectivity index (χ1n) is 9.60. The number of carbonyl (C=O) groups excluding carboxylic acids is 3. The van der Waals surface area contributed by atoms with Crippen molar-refractivity contribution in [3.8, 4) is 0 Å². The Morgan fingerprint density at radius 2 is 2.00 bits per heavy atom. The molecule has 1 aromatic carbocycles. The largest absolute Gasteiger partial charge is 0.367 e. The molecule has 2 aromatic rings. The van der Waals surface area contributed by atoms with Crippen molar-refractivity contribution < 1.29 is 14.4 Å². The summed E-state index contributed by atoms with van der Waals surface area (Å²) in [7, 11) is 0. The highest BCUT2D eigenvalue weighted by Gasteiger charge is 2.39. The van der Waals surface area contributed by atoms with Crippen LogP contribution in [-0.2, 0) is 20.9 Å². The molecular formula is C19H25N7O3. The van der Waals surface area contributed by atoms with E-state index in [9.17, 15) is 14.4 Å². The Kier molecular flexibility index (Phi) is 6.43. The van der Waals surface area contributed by atoms with Crippen molar-refractivity contribution in [2.24, 2.45) is 0 Å². The van der Waals surface area contributed by atoms with Gasteiger partial charge in [-0.25, -0.2) is 0 Å². The molecule has 10 heteroatoms. The van der Waals surface area contributed by atoms with Gasteiger partial charge in [0.15, 0.2) is 0 Å². The van der Waals surface area contributed by atoms with Crippen molar-refractivity contribution in [1.29, 1.82) is 0 Å². The van der Waals surface area contributed by atoms with E-state index in [4.69, 9.17) is 5.73 Å². The molecule has 0 bridgehead atoms. The fourth-order valence-electron chi connectivity index (χ4n) is 3.26. The van der Waals surface area contributed by atoms with E-state index in [0.29, 0.717) is 24.5 Å². The van der Waals surface area contributed by atoms with Crippen LogP contribution in [0, 0.1) is 0 Å². The van der Waals surface area contributed by atoms with E-state index < -0.39 is 23.8 Å². The molecule has 1 fully saturated rings. The molecule has 29 heavy (non-hydrogen) atoms. The van der Waals surface area contributed by atoms with Crippen LogP contribution in [0.5, 0.6) is 0 Å². The number of hydrogen-bond donors (Lipinski definition) is 3. The minimum Gasteiger partial charge on any atom is -0.367 e. The highest BCUT2D eigenvalue weighted by molar-refractivity contribution is 6.35. The molecular weight excluding hydrogens is 374 g/mol. The highest BCUT2D eigenvalue weighted by atomic mass is 16.2. The fraction of sp³-hybridized carbons (Fsp3) is 0.421. The summed E-state index contributed by atoms with van der Waals surface area (Å²) < 4.78 is 0. The van der Waals surface area contributed by atoms with Gasteiger partial charge in [-0.1, -0.05) is 43.7 Å². The first kappa shape index (κ1) is 20.3. The molecule has 1 saturated heterocycles. The van der Waals surface area contributed by atoms with Crippen LogP contribution in [-0.4, -0.2) is 62.3 Å². The molecule has 10 nitrogen and oxygen atoms in total. The second kappa shape index (κ2) is 9.18. The van der Waals surface area contributed by atoms with Crippen LogP contribution in [0.2, 0.25) is 0 Å². The standard InChI is InChI=1S/C19H25N7O3/c1-2-3-9-25-10-11-26(18(29)17(25)28)15(13-7-5-4-6-8-13)16(27)21-12-14-22-19(20)24-23-14/h4-8,15H,2-3,9-12H2,1H3,(H,21,27)(H3,20,22,23,24)/t15-/m0/s1. The van der Waals surface area contributed by atoms with Crippen molar-refractivity contribution in [3.05, 3.63) is 41.7 Å². The lowest BCUT2D eigenvalue weighted by Crippen LogP contribution is -2.57. The van der Waals surface area contributed by atoms with Crippen LogP contribution in [0.1, 0.15) is 37.2 Å². The Morgan fingerprint density at radius 1 is 1.24 bits per heavy atom. The van der Waals surface area contributed by atoms with E-state index in [0.717, 1.165) is 12.8 Å². The van der Waals surface area contributed by atoms with Gasteiger partial charge in [0.2, 0.25) is 11.9 Å². The number of nitrogens with zero attached hydrogens (tertiary/aromatic N) is 4. The predicted molar refractivity (Wildman–Crippen MR) is 105 cm³/mol. The molecule has 1 aromatic heterocycles. The number of piperazine rings is 1. The molecule has 0 saturated carbocycles. The number of aromatic nitrogens is 3. The smallest absolute Gasteiger partial charge is 0.313 e. The minimum atomic E-state index is -0.916. The number of H-pyrrole nitrogens is 1. The summed E-state index contributed by atoms with van der Waals surface area (Å²) in [5, 5.41) is 9.08. The number of rotatable bonds is 8. The van der Waals surface area contributed by atoms with Gasteiger partial charge < -0.3 is 20.9 Å². The average molecular weight is 399 g/mol. The quantitative estimate of drug-likeness (QED) is 0.543. The van der Waals surface area contributed by atoms with Crippen LogP contribution >= 0.6 is 0 Å². The lowest BCUT2D eigenvalue weighted by atomic mass is 10.0. The first-order valence-corrected chi connectivity index (χ1v) is 9.60. The maximum Gasteiger partial charge on any atom is 0.313 e. The Balaban J connectivity index is 1.78. The van der Waals surface area contributed by atoms with Crippen LogP contribution in [0.4, 0.5) is 5.95 Å². The second-order valence-electron chi connectivity index (χ2n) is 6.82. The molecule has 3 rings (SSSR count). The number of aromatic amines is 1. The average Bonchev–Trinajstić information content (AvgIpc) is 3.15. The summed E-state index contributed by atoms with van der Waals surface area (Å²) in [6.45, 7) is 3.34. The maximum absolute atomic E-state index is 13.0. The van der Waals surface area contributed by atoms with Crippen LogP contribution in [0.25, 0.3) is 0 Å². The summed E-state index contributed by atoms with van der Waals surface area (Å²) in [5.41, 5.74) is 6.10. The van der Waals surface area contributed by atoms with Gasteiger partial charge in [0.25, 0.3) is 0 Å².